The SMILES string of the molecule is COCC(C)Nc1cc(C)cc(Nc2ncn(-c3cc(F)cc(F)c3)n2)c1. The summed E-state index contributed by atoms with van der Waals surface area (Å²) in [5.74, 6) is -1.02. The largest absolute Gasteiger partial charge is 0.383 e. The second kappa shape index (κ2) is 8.13. The van der Waals surface area contributed by atoms with E-state index in [4.69, 9.17) is 4.74 Å². The van der Waals surface area contributed by atoms with Crippen LogP contribution < -0.4 is 10.6 Å². The van der Waals surface area contributed by atoms with E-state index in [1.165, 1.54) is 23.1 Å². The molecule has 2 N–H and O–H groups in total. The summed E-state index contributed by atoms with van der Waals surface area (Å²) in [6.45, 7) is 4.60. The van der Waals surface area contributed by atoms with E-state index in [0.29, 0.717) is 12.6 Å². The molecule has 0 aliphatic heterocycles. The van der Waals surface area contributed by atoms with Gasteiger partial charge in [-0.15, -0.1) is 5.10 Å². The highest BCUT2D eigenvalue weighted by Gasteiger charge is 2.08. The summed E-state index contributed by atoms with van der Waals surface area (Å²) in [4.78, 5) is 4.15. The highest BCUT2D eigenvalue weighted by atomic mass is 19.1. The molecular weight excluding hydrogens is 352 g/mol. The summed E-state index contributed by atoms with van der Waals surface area (Å²) in [6, 6.07) is 9.26. The monoisotopic (exact) mass is 373 g/mol. The Balaban J connectivity index is 1.78. The quantitative estimate of drug-likeness (QED) is 0.654. The number of halogens is 2. The molecule has 1 unspecified atom stereocenters. The number of aromatic nitrogens is 3. The van der Waals surface area contributed by atoms with Crippen LogP contribution in [0.15, 0.2) is 42.7 Å². The van der Waals surface area contributed by atoms with Crippen LogP contribution in [0.3, 0.4) is 0 Å². The summed E-state index contributed by atoms with van der Waals surface area (Å²) < 4.78 is 33.2. The maximum Gasteiger partial charge on any atom is 0.246 e. The Labute approximate surface area is 156 Å². The second-order valence-corrected chi connectivity index (χ2v) is 6.35. The van der Waals surface area contributed by atoms with E-state index in [2.05, 4.69) is 20.7 Å². The van der Waals surface area contributed by atoms with Crippen LogP contribution in [0.5, 0.6) is 0 Å². The number of ether oxygens (including phenoxy) is 1. The fraction of sp³-hybridized carbons (Fsp3) is 0.263. The first-order valence-electron chi connectivity index (χ1n) is 8.45. The second-order valence-electron chi connectivity index (χ2n) is 6.35. The summed E-state index contributed by atoms with van der Waals surface area (Å²) in [6.07, 6.45) is 1.40. The predicted octanol–water partition coefficient (Wildman–Crippen LogP) is 4.04. The number of rotatable bonds is 7. The summed E-state index contributed by atoms with van der Waals surface area (Å²) in [7, 11) is 1.66. The molecule has 142 valence electrons. The molecule has 6 nitrogen and oxygen atoms in total. The van der Waals surface area contributed by atoms with Crippen LogP contribution in [0.1, 0.15) is 12.5 Å². The number of hydrogen-bond acceptors (Lipinski definition) is 5. The minimum absolute atomic E-state index is 0.157. The molecule has 3 aromatic rings. The van der Waals surface area contributed by atoms with E-state index < -0.39 is 11.6 Å². The van der Waals surface area contributed by atoms with Crippen LogP contribution in [-0.4, -0.2) is 34.5 Å². The van der Waals surface area contributed by atoms with Crippen LogP contribution >= 0.6 is 0 Å². The van der Waals surface area contributed by atoms with Gasteiger partial charge < -0.3 is 15.4 Å². The first-order valence-corrected chi connectivity index (χ1v) is 8.45. The van der Waals surface area contributed by atoms with Gasteiger partial charge in [0.2, 0.25) is 5.95 Å². The summed E-state index contributed by atoms with van der Waals surface area (Å²) >= 11 is 0. The third kappa shape index (κ3) is 5.01. The van der Waals surface area contributed by atoms with Crippen molar-refractivity contribution in [2.75, 3.05) is 24.4 Å². The van der Waals surface area contributed by atoms with E-state index >= 15 is 0 Å². The molecule has 8 heteroatoms. The maximum atomic E-state index is 13.4. The van der Waals surface area contributed by atoms with E-state index in [-0.39, 0.29) is 11.7 Å². The van der Waals surface area contributed by atoms with Crippen molar-refractivity contribution >= 4 is 17.3 Å². The third-order valence-electron chi connectivity index (χ3n) is 3.77. The highest BCUT2D eigenvalue weighted by molar-refractivity contribution is 5.63. The van der Waals surface area contributed by atoms with Crippen molar-refractivity contribution in [2.45, 2.75) is 19.9 Å². The molecule has 0 saturated heterocycles. The van der Waals surface area contributed by atoms with Crippen molar-refractivity contribution in [3.63, 3.8) is 0 Å². The molecule has 3 rings (SSSR count). The molecule has 0 bridgehead atoms. The van der Waals surface area contributed by atoms with Gasteiger partial charge in [0.15, 0.2) is 0 Å². The van der Waals surface area contributed by atoms with Gasteiger partial charge in [-0.05, 0) is 49.7 Å². The lowest BCUT2D eigenvalue weighted by molar-refractivity contribution is 0.190. The first-order chi connectivity index (χ1) is 12.9. The van der Waals surface area contributed by atoms with Gasteiger partial charge in [0.25, 0.3) is 0 Å². The van der Waals surface area contributed by atoms with Crippen molar-refractivity contribution in [2.24, 2.45) is 0 Å². The number of hydrogen-bond donors (Lipinski definition) is 2. The van der Waals surface area contributed by atoms with Crippen molar-refractivity contribution in [1.82, 2.24) is 14.8 Å². The molecule has 2 aromatic carbocycles. The van der Waals surface area contributed by atoms with Crippen LogP contribution in [0.2, 0.25) is 0 Å². The van der Waals surface area contributed by atoms with Crippen molar-refractivity contribution < 1.29 is 13.5 Å². The average Bonchev–Trinajstić information content (AvgIpc) is 3.02. The summed E-state index contributed by atoms with van der Waals surface area (Å²) in [5.41, 5.74) is 3.05. The van der Waals surface area contributed by atoms with Crippen molar-refractivity contribution in [3.05, 3.63) is 59.9 Å². The van der Waals surface area contributed by atoms with Gasteiger partial charge in [-0.25, -0.2) is 13.5 Å². The topological polar surface area (TPSA) is 64.0 Å². The van der Waals surface area contributed by atoms with Gasteiger partial charge in [0.1, 0.15) is 18.0 Å². The van der Waals surface area contributed by atoms with Gasteiger partial charge in [-0.1, -0.05) is 0 Å². The molecular formula is C19H21F2N5O. The smallest absolute Gasteiger partial charge is 0.246 e. The normalized spacial score (nSPS) is 12.0. The molecule has 1 atom stereocenters. The minimum Gasteiger partial charge on any atom is -0.383 e. The van der Waals surface area contributed by atoms with Gasteiger partial charge in [-0.3, -0.25) is 0 Å². The van der Waals surface area contributed by atoms with E-state index in [1.807, 2.05) is 32.0 Å². The van der Waals surface area contributed by atoms with Gasteiger partial charge in [-0.2, -0.15) is 4.98 Å². The van der Waals surface area contributed by atoms with E-state index in [0.717, 1.165) is 23.0 Å². The zero-order valence-electron chi connectivity index (χ0n) is 15.3. The van der Waals surface area contributed by atoms with Crippen molar-refractivity contribution in [3.8, 4) is 5.69 Å². The van der Waals surface area contributed by atoms with E-state index in [1.54, 1.807) is 7.11 Å². The number of anilines is 3. The lowest BCUT2D eigenvalue weighted by Crippen LogP contribution is -2.20. The van der Waals surface area contributed by atoms with Gasteiger partial charge in [0, 0.05) is 30.6 Å². The Bertz CT molecular complexity index is 908. The molecule has 1 aromatic heterocycles. The number of benzene rings is 2. The Morgan fingerprint density at radius 3 is 2.48 bits per heavy atom. The number of methoxy groups -OCH3 is 1. The molecule has 0 aliphatic carbocycles. The van der Waals surface area contributed by atoms with Crippen molar-refractivity contribution in [1.29, 1.82) is 0 Å². The molecule has 0 saturated carbocycles. The molecule has 0 spiro atoms. The highest BCUT2D eigenvalue weighted by Crippen LogP contribution is 2.22. The van der Waals surface area contributed by atoms with Gasteiger partial charge in [0.05, 0.1) is 12.3 Å². The zero-order chi connectivity index (χ0) is 19.4. The minimum atomic E-state index is -0.672. The third-order valence-corrected chi connectivity index (χ3v) is 3.77. The number of nitrogens with one attached hydrogen (secondary N) is 2. The Kier molecular flexibility index (Phi) is 5.66. The molecule has 0 amide bonds. The fourth-order valence-corrected chi connectivity index (χ4v) is 2.76. The average molecular weight is 373 g/mol. The van der Waals surface area contributed by atoms with Crippen LogP contribution in [-0.2, 0) is 4.74 Å². The first kappa shape index (κ1) is 18.8. The van der Waals surface area contributed by atoms with Crippen LogP contribution in [0, 0.1) is 18.6 Å². The Hall–Kier alpha value is -3.00. The van der Waals surface area contributed by atoms with E-state index in [9.17, 15) is 8.78 Å². The fourth-order valence-electron chi connectivity index (χ4n) is 2.76. The Morgan fingerprint density at radius 1 is 1.07 bits per heavy atom. The van der Waals surface area contributed by atoms with Gasteiger partial charge >= 0.3 is 0 Å². The van der Waals surface area contributed by atoms with Crippen LogP contribution in [0.4, 0.5) is 26.1 Å². The Morgan fingerprint density at radius 2 is 1.78 bits per heavy atom. The predicted molar refractivity (Wildman–Crippen MR) is 101 cm³/mol. The molecule has 0 fully saturated rings. The molecule has 1 heterocycles. The van der Waals surface area contributed by atoms with Crippen LogP contribution in [0.25, 0.3) is 5.69 Å². The number of nitrogens with zero attached hydrogens (tertiary/aromatic N) is 3. The maximum absolute atomic E-state index is 13.4. The summed E-state index contributed by atoms with van der Waals surface area (Å²) in [5, 5.41) is 10.7. The number of aryl methyl sites for hydroxylation is 1. The zero-order valence-corrected chi connectivity index (χ0v) is 15.3. The molecule has 27 heavy (non-hydrogen) atoms. The lowest BCUT2D eigenvalue weighted by atomic mass is 10.2. The lowest BCUT2D eigenvalue weighted by Gasteiger charge is -2.16. The molecule has 0 aliphatic rings. The molecule has 0 radical (unpaired) electrons. The standard InChI is InChI=1S/C19H21F2N5O/c1-12-4-16(23-13(2)10-27-3)9-17(5-12)24-19-22-11-26(25-19)18-7-14(20)6-15(21)8-18/h4-9,11,13,23H,10H2,1-3H3,(H,24,25).